The molecule has 1 aliphatic rings. The van der Waals surface area contributed by atoms with Gasteiger partial charge < -0.3 is 0 Å². The van der Waals surface area contributed by atoms with Crippen molar-refractivity contribution < 1.29 is 4.79 Å². The van der Waals surface area contributed by atoms with Gasteiger partial charge in [-0.3, -0.25) is 0 Å². The van der Waals surface area contributed by atoms with E-state index in [2.05, 4.69) is 15.9 Å². The molecule has 12 heavy (non-hydrogen) atoms. The Morgan fingerprint density at radius 1 is 1.58 bits per heavy atom. The molecule has 0 saturated carbocycles. The first-order chi connectivity index (χ1) is 5.70. The van der Waals surface area contributed by atoms with Crippen molar-refractivity contribution in [2.75, 3.05) is 14.3 Å². The topological polar surface area (TPSA) is 17.1 Å². The first kappa shape index (κ1) is 10.2. The molecule has 0 aromatic rings. The first-order valence-corrected chi connectivity index (χ1v) is 10.2. The Morgan fingerprint density at radius 3 is 2.83 bits per heavy atom. The minimum absolute atomic E-state index is 0.429. The fourth-order valence-electron chi connectivity index (χ4n) is 1.36. The maximum absolute atomic E-state index is 11.5. The Morgan fingerprint density at radius 2 is 2.33 bits per heavy atom. The fraction of sp³-hybridized carbons (Fsp3) is 0.700. The van der Waals surface area contributed by atoms with Crippen molar-refractivity contribution in [2.24, 2.45) is 0 Å². The quantitative estimate of drug-likeness (QED) is 0.571. The molecule has 0 amide bonds. The summed E-state index contributed by atoms with van der Waals surface area (Å²) < 4.78 is 1.19. The van der Waals surface area contributed by atoms with Crippen LogP contribution in [0.1, 0.15) is 25.7 Å². The van der Waals surface area contributed by atoms with E-state index >= 15 is 0 Å². The molecule has 0 radical (unpaired) electrons. The van der Waals surface area contributed by atoms with Gasteiger partial charge in [0.2, 0.25) is 0 Å². The molecule has 0 bridgehead atoms. The Balaban J connectivity index is 2.28. The van der Waals surface area contributed by atoms with Crippen molar-refractivity contribution in [3.8, 4) is 0 Å². The molecule has 1 rings (SSSR count). The van der Waals surface area contributed by atoms with Crippen LogP contribution in [-0.2, 0) is 4.79 Å². The van der Waals surface area contributed by atoms with Crippen LogP contribution in [0.2, 0.25) is 0 Å². The second kappa shape index (κ2) is 5.00. The average molecular weight is 280 g/mol. The number of carbonyl (C=O) groups is 1. The summed E-state index contributed by atoms with van der Waals surface area (Å²) in [4.78, 5) is 16.1. The molecule has 0 unspecified atom stereocenters. The molecular weight excluding hydrogens is 263 g/mol. The standard InChI is InChI=1S/C10H17IO/c1-11(2)8-7-10(12)9-5-3-4-6-9/h5H,3-4,6-8H2,1-2H3. The van der Waals surface area contributed by atoms with E-state index in [0.717, 1.165) is 24.8 Å². The van der Waals surface area contributed by atoms with Crippen LogP contribution in [0.3, 0.4) is 0 Å². The molecule has 0 aliphatic heterocycles. The molecule has 0 atom stereocenters. The SMILES string of the molecule is CI(C)CCC(=O)C1=CCCC1. The van der Waals surface area contributed by atoms with Crippen LogP contribution >= 0.6 is 19.8 Å². The number of alkyl halides is 3. The number of hydrogen-bond acceptors (Lipinski definition) is 1. The summed E-state index contributed by atoms with van der Waals surface area (Å²) >= 11 is -0.667. The average Bonchev–Trinajstić information content (AvgIpc) is 2.51. The maximum atomic E-state index is 11.5. The molecule has 0 fully saturated rings. The Labute approximate surface area is 82.0 Å². The van der Waals surface area contributed by atoms with E-state index in [1.54, 1.807) is 0 Å². The molecule has 0 aromatic heterocycles. The van der Waals surface area contributed by atoms with E-state index in [0.29, 0.717) is 5.78 Å². The molecule has 0 N–H and O–H groups in total. The van der Waals surface area contributed by atoms with Gasteiger partial charge in [-0.25, -0.2) is 0 Å². The molecule has 0 saturated heterocycles. The monoisotopic (exact) mass is 280 g/mol. The van der Waals surface area contributed by atoms with E-state index in [4.69, 9.17) is 0 Å². The number of allylic oxidation sites excluding steroid dienone is 2. The van der Waals surface area contributed by atoms with Crippen molar-refractivity contribution in [3.63, 3.8) is 0 Å². The Bertz CT molecular complexity index is 194. The van der Waals surface area contributed by atoms with Crippen LogP contribution in [0.25, 0.3) is 0 Å². The van der Waals surface area contributed by atoms with Gasteiger partial charge in [0, 0.05) is 0 Å². The van der Waals surface area contributed by atoms with Crippen LogP contribution in [0.15, 0.2) is 11.6 Å². The Kier molecular flexibility index (Phi) is 4.26. The third kappa shape index (κ3) is 3.25. The number of halogens is 1. The number of ketones is 1. The van der Waals surface area contributed by atoms with Gasteiger partial charge in [0.15, 0.2) is 0 Å². The van der Waals surface area contributed by atoms with Gasteiger partial charge in [-0.15, -0.1) is 0 Å². The normalized spacial score (nSPS) is 17.5. The van der Waals surface area contributed by atoms with Gasteiger partial charge in [-0.05, 0) is 0 Å². The summed E-state index contributed by atoms with van der Waals surface area (Å²) in [5.74, 6) is 0.429. The second-order valence-electron chi connectivity index (χ2n) is 3.40. The Hall–Kier alpha value is 0.140. The van der Waals surface area contributed by atoms with Crippen LogP contribution < -0.4 is 0 Å². The van der Waals surface area contributed by atoms with Crippen LogP contribution in [0.4, 0.5) is 0 Å². The second-order valence-corrected chi connectivity index (χ2v) is 9.68. The number of rotatable bonds is 4. The molecule has 70 valence electrons. The van der Waals surface area contributed by atoms with E-state index in [1.807, 2.05) is 0 Å². The van der Waals surface area contributed by atoms with Crippen molar-refractivity contribution in [1.82, 2.24) is 0 Å². The van der Waals surface area contributed by atoms with Crippen molar-refractivity contribution >= 4 is 25.6 Å². The predicted octanol–water partition coefficient (Wildman–Crippen LogP) is 2.82. The zero-order chi connectivity index (χ0) is 8.97. The number of Topliss-reactive ketones (excluding diaryl/α,β-unsaturated/α-hetero) is 1. The summed E-state index contributed by atoms with van der Waals surface area (Å²) in [5, 5.41) is 0. The van der Waals surface area contributed by atoms with Gasteiger partial charge in [0.25, 0.3) is 0 Å². The van der Waals surface area contributed by atoms with Crippen LogP contribution in [-0.4, -0.2) is 20.1 Å². The molecule has 2 heteroatoms. The molecule has 1 aliphatic carbocycles. The molecule has 0 heterocycles. The van der Waals surface area contributed by atoms with Gasteiger partial charge in [0.1, 0.15) is 0 Å². The van der Waals surface area contributed by atoms with Crippen molar-refractivity contribution in [2.45, 2.75) is 25.7 Å². The zero-order valence-electron chi connectivity index (χ0n) is 7.90. The van der Waals surface area contributed by atoms with Gasteiger partial charge in [-0.2, -0.15) is 0 Å². The van der Waals surface area contributed by atoms with E-state index < -0.39 is 19.8 Å². The van der Waals surface area contributed by atoms with Gasteiger partial charge in [-0.1, -0.05) is 0 Å². The van der Waals surface area contributed by atoms with E-state index in [9.17, 15) is 4.79 Å². The summed E-state index contributed by atoms with van der Waals surface area (Å²) in [6, 6.07) is 0. The zero-order valence-corrected chi connectivity index (χ0v) is 10.1. The summed E-state index contributed by atoms with van der Waals surface area (Å²) in [6.07, 6.45) is 6.32. The predicted molar refractivity (Wildman–Crippen MR) is 62.3 cm³/mol. The molecule has 0 spiro atoms. The van der Waals surface area contributed by atoms with Gasteiger partial charge >= 0.3 is 82.0 Å². The van der Waals surface area contributed by atoms with Crippen LogP contribution in [0, 0.1) is 0 Å². The third-order valence-electron chi connectivity index (χ3n) is 2.10. The summed E-state index contributed by atoms with van der Waals surface area (Å²) in [6.45, 7) is 0. The van der Waals surface area contributed by atoms with E-state index in [-0.39, 0.29) is 0 Å². The molecule has 1 nitrogen and oxygen atoms in total. The number of hydrogen-bond donors (Lipinski definition) is 0. The number of carbonyl (C=O) groups excluding carboxylic acids is 1. The summed E-state index contributed by atoms with van der Waals surface area (Å²) in [5.41, 5.74) is 1.12. The van der Waals surface area contributed by atoms with Crippen molar-refractivity contribution in [1.29, 1.82) is 0 Å². The van der Waals surface area contributed by atoms with Crippen LogP contribution in [0.5, 0.6) is 0 Å². The third-order valence-corrected chi connectivity index (χ3v) is 4.80. The van der Waals surface area contributed by atoms with Gasteiger partial charge in [0.05, 0.1) is 0 Å². The van der Waals surface area contributed by atoms with E-state index in [1.165, 1.54) is 10.8 Å². The first-order valence-electron chi connectivity index (χ1n) is 4.38. The minimum atomic E-state index is -0.667. The fourth-order valence-corrected chi connectivity index (χ4v) is 2.93. The molecular formula is C10H17IO. The molecule has 0 aromatic carbocycles. The summed E-state index contributed by atoms with van der Waals surface area (Å²) in [7, 11) is 0. The van der Waals surface area contributed by atoms with Crippen molar-refractivity contribution in [3.05, 3.63) is 11.6 Å².